The van der Waals surface area contributed by atoms with Crippen LogP contribution in [0.3, 0.4) is 0 Å². The molecule has 20 heavy (non-hydrogen) atoms. The third kappa shape index (κ3) is 2.20. The van der Waals surface area contributed by atoms with E-state index >= 15 is 0 Å². The van der Waals surface area contributed by atoms with E-state index in [4.69, 9.17) is 5.73 Å². The summed E-state index contributed by atoms with van der Waals surface area (Å²) in [6.45, 7) is 0. The Hall–Kier alpha value is -1.82. The topological polar surface area (TPSA) is 43.8 Å². The molecule has 6 heteroatoms. The first-order valence-corrected chi connectivity index (χ1v) is 6.31. The van der Waals surface area contributed by atoms with Crippen LogP contribution < -0.4 is 5.73 Å². The van der Waals surface area contributed by atoms with Crippen LogP contribution in [0.25, 0.3) is 11.3 Å². The summed E-state index contributed by atoms with van der Waals surface area (Å²) < 4.78 is 39.8. The van der Waals surface area contributed by atoms with E-state index in [1.54, 1.807) is 23.9 Å². The molecule has 1 saturated carbocycles. The maximum Gasteiger partial charge on any atom is 0.416 e. The molecule has 3 nitrogen and oxygen atoms in total. The maximum absolute atomic E-state index is 12.7. The van der Waals surface area contributed by atoms with Gasteiger partial charge in [0.2, 0.25) is 0 Å². The van der Waals surface area contributed by atoms with Crippen LogP contribution in [0.4, 0.5) is 13.2 Å². The van der Waals surface area contributed by atoms with Crippen LogP contribution in [-0.2, 0) is 18.8 Å². The lowest BCUT2D eigenvalue weighted by Gasteiger charge is -2.08. The van der Waals surface area contributed by atoms with Crippen LogP contribution in [-0.4, -0.2) is 9.78 Å². The molecule has 0 unspecified atom stereocenters. The van der Waals surface area contributed by atoms with Crippen molar-refractivity contribution in [2.75, 3.05) is 0 Å². The quantitative estimate of drug-likeness (QED) is 0.919. The predicted molar refractivity (Wildman–Crippen MR) is 68.7 cm³/mol. The Balaban J connectivity index is 2.03. The summed E-state index contributed by atoms with van der Waals surface area (Å²) >= 11 is 0. The van der Waals surface area contributed by atoms with Crippen molar-refractivity contribution in [3.05, 3.63) is 41.6 Å². The van der Waals surface area contributed by atoms with Gasteiger partial charge in [-0.05, 0) is 31.0 Å². The fourth-order valence-corrected chi connectivity index (χ4v) is 2.23. The molecule has 2 aromatic rings. The summed E-state index contributed by atoms with van der Waals surface area (Å²) in [5, 5.41) is 4.32. The summed E-state index contributed by atoms with van der Waals surface area (Å²) in [4.78, 5) is 0. The molecule has 0 bridgehead atoms. The first kappa shape index (κ1) is 13.2. The van der Waals surface area contributed by atoms with E-state index in [0.717, 1.165) is 30.7 Å². The van der Waals surface area contributed by atoms with Crippen molar-refractivity contribution in [1.29, 1.82) is 0 Å². The number of rotatable bonds is 2. The summed E-state index contributed by atoms with van der Waals surface area (Å²) in [7, 11) is 1.71. The minimum Gasteiger partial charge on any atom is -0.320 e. The molecule has 1 heterocycles. The van der Waals surface area contributed by atoms with Gasteiger partial charge in [-0.25, -0.2) is 0 Å². The van der Waals surface area contributed by atoms with E-state index in [-0.39, 0.29) is 0 Å². The fourth-order valence-electron chi connectivity index (χ4n) is 2.23. The second kappa shape index (κ2) is 4.09. The van der Waals surface area contributed by atoms with Crippen LogP contribution in [0.15, 0.2) is 30.3 Å². The second-order valence-electron chi connectivity index (χ2n) is 5.27. The molecular weight excluding hydrogens is 267 g/mol. The summed E-state index contributed by atoms with van der Waals surface area (Å²) in [6, 6.07) is 7.03. The van der Waals surface area contributed by atoms with Crippen LogP contribution in [0.5, 0.6) is 0 Å². The zero-order valence-electron chi connectivity index (χ0n) is 10.9. The highest BCUT2D eigenvalue weighted by atomic mass is 19.4. The van der Waals surface area contributed by atoms with Gasteiger partial charge in [0.05, 0.1) is 22.5 Å². The summed E-state index contributed by atoms with van der Waals surface area (Å²) in [5.41, 5.74) is 6.90. The summed E-state index contributed by atoms with van der Waals surface area (Å²) in [5.74, 6) is 0. The number of hydrogen-bond donors (Lipinski definition) is 1. The first-order valence-electron chi connectivity index (χ1n) is 6.31. The molecule has 1 aromatic heterocycles. The molecule has 1 fully saturated rings. The Bertz CT molecular complexity index is 654. The normalized spacial score (nSPS) is 17.2. The van der Waals surface area contributed by atoms with E-state index in [9.17, 15) is 13.2 Å². The van der Waals surface area contributed by atoms with E-state index in [1.165, 1.54) is 6.07 Å². The average Bonchev–Trinajstić information content (AvgIpc) is 3.00. The van der Waals surface area contributed by atoms with Gasteiger partial charge in [-0.15, -0.1) is 0 Å². The van der Waals surface area contributed by atoms with Gasteiger partial charge in [0, 0.05) is 12.6 Å². The smallest absolute Gasteiger partial charge is 0.320 e. The minimum absolute atomic E-state index is 0.391. The lowest BCUT2D eigenvalue weighted by atomic mass is 10.1. The van der Waals surface area contributed by atoms with Gasteiger partial charge < -0.3 is 5.73 Å². The Morgan fingerprint density at radius 3 is 2.55 bits per heavy atom. The van der Waals surface area contributed by atoms with Crippen LogP contribution >= 0.6 is 0 Å². The van der Waals surface area contributed by atoms with Gasteiger partial charge in [0.1, 0.15) is 0 Å². The molecule has 1 aliphatic carbocycles. The molecule has 0 saturated heterocycles. The minimum atomic E-state index is -4.34. The van der Waals surface area contributed by atoms with Crippen molar-refractivity contribution < 1.29 is 13.2 Å². The highest BCUT2D eigenvalue weighted by molar-refractivity contribution is 5.61. The number of aromatic nitrogens is 2. The Kier molecular flexibility index (Phi) is 2.69. The molecule has 106 valence electrons. The number of nitrogens with zero attached hydrogens (tertiary/aromatic N) is 2. The van der Waals surface area contributed by atoms with Crippen molar-refractivity contribution in [3.8, 4) is 11.3 Å². The first-order chi connectivity index (χ1) is 9.29. The van der Waals surface area contributed by atoms with E-state index in [0.29, 0.717) is 11.3 Å². The number of benzene rings is 1. The molecular formula is C14H14F3N3. The van der Waals surface area contributed by atoms with Crippen LogP contribution in [0.2, 0.25) is 0 Å². The SMILES string of the molecule is Cn1nc(C2(N)CC2)cc1-c1cccc(C(F)(F)F)c1. The lowest BCUT2D eigenvalue weighted by molar-refractivity contribution is -0.137. The third-order valence-electron chi connectivity index (χ3n) is 3.66. The molecule has 0 radical (unpaired) electrons. The fraction of sp³-hybridized carbons (Fsp3) is 0.357. The number of alkyl halides is 3. The maximum atomic E-state index is 12.7. The molecule has 0 atom stereocenters. The zero-order chi connectivity index (χ0) is 14.5. The van der Waals surface area contributed by atoms with Gasteiger partial charge in [-0.3, -0.25) is 4.68 Å². The lowest BCUT2D eigenvalue weighted by Crippen LogP contribution is -2.19. The number of halogens is 3. The highest BCUT2D eigenvalue weighted by Gasteiger charge is 2.42. The van der Waals surface area contributed by atoms with E-state index < -0.39 is 17.3 Å². The molecule has 0 amide bonds. The Morgan fingerprint density at radius 2 is 1.95 bits per heavy atom. The number of hydrogen-bond acceptors (Lipinski definition) is 2. The van der Waals surface area contributed by atoms with Crippen molar-refractivity contribution in [2.24, 2.45) is 12.8 Å². The number of nitrogens with two attached hydrogens (primary N) is 1. The van der Waals surface area contributed by atoms with E-state index in [1.807, 2.05) is 0 Å². The van der Waals surface area contributed by atoms with Crippen molar-refractivity contribution in [1.82, 2.24) is 9.78 Å². The molecule has 0 spiro atoms. The standard InChI is InChI=1S/C14H14F3N3/c1-20-11(8-12(19-20)13(18)5-6-13)9-3-2-4-10(7-9)14(15,16)17/h2-4,7-8H,5-6,18H2,1H3. The highest BCUT2D eigenvalue weighted by Crippen LogP contribution is 2.43. The molecule has 0 aliphatic heterocycles. The van der Waals surface area contributed by atoms with Gasteiger partial charge >= 0.3 is 6.18 Å². The van der Waals surface area contributed by atoms with Gasteiger partial charge in [-0.2, -0.15) is 18.3 Å². The van der Waals surface area contributed by atoms with Crippen molar-refractivity contribution >= 4 is 0 Å². The number of aryl methyl sites for hydroxylation is 1. The van der Waals surface area contributed by atoms with Crippen molar-refractivity contribution in [3.63, 3.8) is 0 Å². The summed E-state index contributed by atoms with van der Waals surface area (Å²) in [6.07, 6.45) is -2.61. The largest absolute Gasteiger partial charge is 0.416 e. The third-order valence-corrected chi connectivity index (χ3v) is 3.66. The molecule has 3 rings (SSSR count). The van der Waals surface area contributed by atoms with Crippen molar-refractivity contribution in [2.45, 2.75) is 24.6 Å². The van der Waals surface area contributed by atoms with Gasteiger partial charge in [0.15, 0.2) is 0 Å². The van der Waals surface area contributed by atoms with Gasteiger partial charge in [0.25, 0.3) is 0 Å². The average molecular weight is 281 g/mol. The Labute approximate surface area is 114 Å². The van der Waals surface area contributed by atoms with Crippen LogP contribution in [0, 0.1) is 0 Å². The molecule has 2 N–H and O–H groups in total. The van der Waals surface area contributed by atoms with E-state index in [2.05, 4.69) is 5.10 Å². The zero-order valence-corrected chi connectivity index (χ0v) is 10.9. The predicted octanol–water partition coefficient (Wildman–Crippen LogP) is 3.05. The molecule has 1 aromatic carbocycles. The van der Waals surface area contributed by atoms with Gasteiger partial charge in [-0.1, -0.05) is 12.1 Å². The Morgan fingerprint density at radius 1 is 1.25 bits per heavy atom. The monoisotopic (exact) mass is 281 g/mol. The molecule has 1 aliphatic rings. The second-order valence-corrected chi connectivity index (χ2v) is 5.27. The van der Waals surface area contributed by atoms with Crippen LogP contribution in [0.1, 0.15) is 24.1 Å².